The first kappa shape index (κ1) is 22.3. The number of rotatable bonds is 5. The quantitative estimate of drug-likeness (QED) is 0.439. The van der Waals surface area contributed by atoms with Gasteiger partial charge in [-0.15, -0.1) is 0 Å². The minimum absolute atomic E-state index is 0.204. The number of aromatic nitrogens is 3. The average molecular weight is 465 g/mol. The number of anilines is 2. The molecular weight excluding hydrogens is 440 g/mol. The van der Waals surface area contributed by atoms with Crippen LogP contribution >= 0.6 is 0 Å². The van der Waals surface area contributed by atoms with E-state index in [0.29, 0.717) is 34.8 Å². The number of fused-ring (bicyclic) bond motifs is 2. The number of carboxylic acid groups (broad SMARTS) is 1. The topological polar surface area (TPSA) is 115 Å². The molecule has 8 heteroatoms. The van der Waals surface area contributed by atoms with Crippen LogP contribution in [0.15, 0.2) is 54.9 Å². The van der Waals surface area contributed by atoms with Gasteiger partial charge in [-0.25, -0.2) is 14.8 Å². The molecule has 2 aromatic heterocycles. The van der Waals surface area contributed by atoms with Crippen LogP contribution in [0.1, 0.15) is 51.3 Å². The van der Waals surface area contributed by atoms with Crippen molar-refractivity contribution in [1.82, 2.24) is 15.0 Å². The molecule has 2 N–H and O–H groups in total. The smallest absolute Gasteiger partial charge is 0.337 e. The molecule has 0 fully saturated rings. The van der Waals surface area contributed by atoms with Crippen molar-refractivity contribution in [3.05, 3.63) is 88.4 Å². The van der Waals surface area contributed by atoms with Gasteiger partial charge in [0.25, 0.3) is 0 Å². The predicted octanol–water partition coefficient (Wildman–Crippen LogP) is 4.64. The standard InChI is InChI=1S/C27H24N6O2/c1-16-11-21(17(2)30-22-6-4-3-5-20(22)27(34)35)25-23(12-16)31-24(13-28)26(32-25)33-10-8-18-7-9-29-14-19(18)15-33/h3-7,9,11-12,14,17,30H,8,10,15H2,1-2H3,(H,34,35). The third-order valence-corrected chi connectivity index (χ3v) is 6.34. The van der Waals surface area contributed by atoms with Crippen LogP contribution in [-0.4, -0.2) is 32.6 Å². The van der Waals surface area contributed by atoms with Gasteiger partial charge < -0.3 is 15.3 Å². The maximum Gasteiger partial charge on any atom is 0.337 e. The number of hydrogen-bond acceptors (Lipinski definition) is 7. The number of para-hydroxylation sites is 1. The second-order valence-corrected chi connectivity index (χ2v) is 8.76. The van der Waals surface area contributed by atoms with Gasteiger partial charge in [0, 0.05) is 36.7 Å². The Bertz CT molecular complexity index is 1490. The molecule has 1 aliphatic rings. The van der Waals surface area contributed by atoms with E-state index in [1.54, 1.807) is 30.5 Å². The van der Waals surface area contributed by atoms with Gasteiger partial charge in [-0.05, 0) is 61.2 Å². The molecule has 1 unspecified atom stereocenters. The van der Waals surface area contributed by atoms with Crippen LogP contribution in [0.25, 0.3) is 11.0 Å². The molecule has 35 heavy (non-hydrogen) atoms. The van der Waals surface area contributed by atoms with Gasteiger partial charge in [0.2, 0.25) is 0 Å². The van der Waals surface area contributed by atoms with Crippen molar-refractivity contribution in [1.29, 1.82) is 5.26 Å². The molecule has 1 aliphatic heterocycles. The van der Waals surface area contributed by atoms with Gasteiger partial charge in [0.1, 0.15) is 6.07 Å². The van der Waals surface area contributed by atoms with E-state index in [4.69, 9.17) is 4.98 Å². The summed E-state index contributed by atoms with van der Waals surface area (Å²) in [4.78, 5) is 27.7. The maximum absolute atomic E-state index is 11.7. The fourth-order valence-corrected chi connectivity index (χ4v) is 4.62. The predicted molar refractivity (Wildman–Crippen MR) is 133 cm³/mol. The lowest BCUT2D eigenvalue weighted by Crippen LogP contribution is -2.32. The molecule has 5 rings (SSSR count). The van der Waals surface area contributed by atoms with E-state index in [0.717, 1.165) is 29.7 Å². The van der Waals surface area contributed by atoms with E-state index < -0.39 is 5.97 Å². The summed E-state index contributed by atoms with van der Waals surface area (Å²) in [5, 5.41) is 22.8. The molecule has 0 saturated carbocycles. The summed E-state index contributed by atoms with van der Waals surface area (Å²) in [5.74, 6) is -0.437. The molecule has 0 spiro atoms. The highest BCUT2D eigenvalue weighted by Crippen LogP contribution is 2.32. The largest absolute Gasteiger partial charge is 0.478 e. The van der Waals surface area contributed by atoms with Gasteiger partial charge >= 0.3 is 5.97 Å². The first-order valence-electron chi connectivity index (χ1n) is 11.4. The lowest BCUT2D eigenvalue weighted by molar-refractivity contribution is 0.0698. The molecule has 4 aromatic rings. The Balaban J connectivity index is 1.58. The summed E-state index contributed by atoms with van der Waals surface area (Å²) in [6.45, 7) is 5.28. The fourth-order valence-electron chi connectivity index (χ4n) is 4.62. The van der Waals surface area contributed by atoms with Crippen LogP contribution in [0, 0.1) is 18.3 Å². The first-order chi connectivity index (χ1) is 16.9. The second kappa shape index (κ2) is 9.03. The molecule has 1 atom stereocenters. The SMILES string of the molecule is Cc1cc(C(C)Nc2ccccc2C(=O)O)c2nc(N3CCc4ccncc4C3)c(C#N)nc2c1. The van der Waals surface area contributed by atoms with E-state index in [1.807, 2.05) is 38.2 Å². The molecule has 0 aliphatic carbocycles. The Morgan fingerprint density at radius 3 is 2.83 bits per heavy atom. The highest BCUT2D eigenvalue weighted by molar-refractivity contribution is 5.94. The van der Waals surface area contributed by atoms with Gasteiger partial charge in [0.15, 0.2) is 11.5 Å². The third-order valence-electron chi connectivity index (χ3n) is 6.34. The Morgan fingerprint density at radius 2 is 2.03 bits per heavy atom. The number of aromatic carboxylic acids is 1. The Kier molecular flexibility index (Phi) is 5.75. The summed E-state index contributed by atoms with van der Waals surface area (Å²) < 4.78 is 0. The van der Waals surface area contributed by atoms with Crippen LogP contribution in [-0.2, 0) is 13.0 Å². The molecule has 0 amide bonds. The van der Waals surface area contributed by atoms with Crippen LogP contribution in [0.5, 0.6) is 0 Å². The number of nitrogens with one attached hydrogen (secondary N) is 1. The van der Waals surface area contributed by atoms with Crippen molar-refractivity contribution in [2.24, 2.45) is 0 Å². The average Bonchev–Trinajstić information content (AvgIpc) is 2.87. The van der Waals surface area contributed by atoms with Gasteiger partial charge in [-0.3, -0.25) is 4.98 Å². The van der Waals surface area contributed by atoms with E-state index in [1.165, 1.54) is 5.56 Å². The number of carbonyl (C=O) groups is 1. The number of aryl methyl sites for hydroxylation is 1. The van der Waals surface area contributed by atoms with Crippen molar-refractivity contribution < 1.29 is 9.90 Å². The number of nitrogens with zero attached hydrogens (tertiary/aromatic N) is 5. The van der Waals surface area contributed by atoms with Crippen molar-refractivity contribution in [3.8, 4) is 6.07 Å². The monoisotopic (exact) mass is 464 g/mol. The Morgan fingerprint density at radius 1 is 1.20 bits per heavy atom. The van der Waals surface area contributed by atoms with Crippen LogP contribution < -0.4 is 10.2 Å². The van der Waals surface area contributed by atoms with Crippen LogP contribution in [0.2, 0.25) is 0 Å². The zero-order chi connectivity index (χ0) is 24.5. The molecular formula is C27H24N6O2. The number of pyridine rings is 1. The maximum atomic E-state index is 11.7. The van der Waals surface area contributed by atoms with E-state index in [9.17, 15) is 15.2 Å². The Hall–Kier alpha value is -4.51. The Labute approximate surface area is 202 Å². The summed E-state index contributed by atoms with van der Waals surface area (Å²) >= 11 is 0. The number of benzene rings is 2. The lowest BCUT2D eigenvalue weighted by Gasteiger charge is -2.30. The second-order valence-electron chi connectivity index (χ2n) is 8.76. The van der Waals surface area contributed by atoms with Crippen LogP contribution in [0.3, 0.4) is 0 Å². The van der Waals surface area contributed by atoms with Gasteiger partial charge in [0.05, 0.1) is 22.6 Å². The minimum Gasteiger partial charge on any atom is -0.478 e. The summed E-state index contributed by atoms with van der Waals surface area (Å²) in [6, 6.07) is 14.8. The summed E-state index contributed by atoms with van der Waals surface area (Å²) in [6.07, 6.45) is 4.51. The van der Waals surface area contributed by atoms with E-state index in [2.05, 4.69) is 26.3 Å². The zero-order valence-corrected chi connectivity index (χ0v) is 19.5. The molecule has 174 valence electrons. The van der Waals surface area contributed by atoms with Crippen molar-refractivity contribution >= 4 is 28.5 Å². The van der Waals surface area contributed by atoms with E-state index in [-0.39, 0.29) is 11.6 Å². The van der Waals surface area contributed by atoms with Crippen molar-refractivity contribution in [2.45, 2.75) is 32.9 Å². The van der Waals surface area contributed by atoms with Gasteiger partial charge in [-0.2, -0.15) is 5.26 Å². The van der Waals surface area contributed by atoms with Gasteiger partial charge in [-0.1, -0.05) is 18.2 Å². The fraction of sp³-hybridized carbons (Fsp3) is 0.222. The van der Waals surface area contributed by atoms with Crippen LogP contribution in [0.4, 0.5) is 11.5 Å². The van der Waals surface area contributed by atoms with Crippen molar-refractivity contribution in [2.75, 3.05) is 16.8 Å². The number of hydrogen-bond donors (Lipinski definition) is 2. The molecule has 2 aromatic carbocycles. The summed E-state index contributed by atoms with van der Waals surface area (Å²) in [7, 11) is 0. The molecule has 0 bridgehead atoms. The van der Waals surface area contributed by atoms with Crippen molar-refractivity contribution in [3.63, 3.8) is 0 Å². The summed E-state index contributed by atoms with van der Waals surface area (Å²) in [5.41, 5.74) is 6.60. The highest BCUT2D eigenvalue weighted by atomic mass is 16.4. The molecule has 8 nitrogen and oxygen atoms in total. The highest BCUT2D eigenvalue weighted by Gasteiger charge is 2.23. The molecule has 3 heterocycles. The first-order valence-corrected chi connectivity index (χ1v) is 11.4. The zero-order valence-electron chi connectivity index (χ0n) is 19.5. The minimum atomic E-state index is -0.991. The lowest BCUT2D eigenvalue weighted by atomic mass is 10.0. The number of nitriles is 1. The molecule has 0 radical (unpaired) electrons. The third kappa shape index (κ3) is 4.24. The molecule has 0 saturated heterocycles. The van der Waals surface area contributed by atoms with E-state index >= 15 is 0 Å². The number of carboxylic acids is 1. The normalized spacial score (nSPS) is 13.7.